The van der Waals surface area contributed by atoms with Gasteiger partial charge >= 0.3 is 6.03 Å². The molecule has 19 heavy (non-hydrogen) atoms. The Morgan fingerprint density at radius 1 is 1.26 bits per heavy atom. The van der Waals surface area contributed by atoms with E-state index in [0.29, 0.717) is 12.0 Å². The zero-order valence-electron chi connectivity index (χ0n) is 12.0. The highest BCUT2D eigenvalue weighted by molar-refractivity contribution is 5.73. The Bertz CT molecular complexity index is 436. The van der Waals surface area contributed by atoms with E-state index in [0.717, 1.165) is 12.1 Å². The summed E-state index contributed by atoms with van der Waals surface area (Å²) in [4.78, 5) is 11.8. The normalized spacial score (nSPS) is 17.2. The first kappa shape index (κ1) is 13.9. The van der Waals surface area contributed by atoms with Crippen LogP contribution < -0.4 is 10.6 Å². The number of carbonyl (C=O) groups is 1. The quantitative estimate of drug-likeness (QED) is 0.856. The molecule has 0 bridgehead atoms. The molecule has 0 aliphatic heterocycles. The van der Waals surface area contributed by atoms with Crippen LogP contribution in [0, 0.1) is 12.3 Å². The third kappa shape index (κ3) is 4.27. The van der Waals surface area contributed by atoms with Crippen molar-refractivity contribution in [2.75, 3.05) is 6.54 Å². The lowest BCUT2D eigenvalue weighted by Crippen LogP contribution is -2.40. The monoisotopic (exact) mass is 260 g/mol. The Balaban J connectivity index is 1.73. The zero-order valence-corrected chi connectivity index (χ0v) is 12.0. The molecule has 1 fully saturated rings. The van der Waals surface area contributed by atoms with E-state index in [1.165, 1.54) is 31.2 Å². The van der Waals surface area contributed by atoms with Crippen LogP contribution in [0.2, 0.25) is 0 Å². The van der Waals surface area contributed by atoms with Crippen molar-refractivity contribution in [3.8, 4) is 0 Å². The number of carbonyl (C=O) groups excluding carboxylic acids is 1. The summed E-state index contributed by atoms with van der Waals surface area (Å²) in [7, 11) is 0. The first-order valence-electron chi connectivity index (χ1n) is 7.15. The second-order valence-electron chi connectivity index (χ2n) is 6.04. The molecule has 1 saturated carbocycles. The van der Waals surface area contributed by atoms with Crippen LogP contribution in [-0.2, 0) is 6.54 Å². The van der Waals surface area contributed by atoms with E-state index in [4.69, 9.17) is 0 Å². The van der Waals surface area contributed by atoms with E-state index in [9.17, 15) is 4.79 Å². The van der Waals surface area contributed by atoms with Crippen molar-refractivity contribution >= 4 is 6.03 Å². The Hall–Kier alpha value is -1.51. The van der Waals surface area contributed by atoms with Gasteiger partial charge in [0.25, 0.3) is 0 Å². The van der Waals surface area contributed by atoms with Crippen LogP contribution in [0.5, 0.6) is 0 Å². The van der Waals surface area contributed by atoms with Crippen LogP contribution in [0.1, 0.15) is 43.7 Å². The van der Waals surface area contributed by atoms with Gasteiger partial charge in [-0.25, -0.2) is 4.79 Å². The molecule has 0 radical (unpaired) electrons. The van der Waals surface area contributed by atoms with Crippen molar-refractivity contribution in [2.45, 2.75) is 46.1 Å². The number of urea groups is 1. The maximum absolute atomic E-state index is 11.8. The number of amides is 2. The van der Waals surface area contributed by atoms with Gasteiger partial charge in [-0.15, -0.1) is 0 Å². The number of rotatable bonds is 4. The molecule has 0 spiro atoms. The highest BCUT2D eigenvalue weighted by atomic mass is 16.2. The maximum atomic E-state index is 11.8. The van der Waals surface area contributed by atoms with Crippen LogP contribution in [0.15, 0.2) is 24.3 Å². The molecule has 104 valence electrons. The Labute approximate surface area is 115 Å². The lowest BCUT2D eigenvalue weighted by Gasteiger charge is -2.23. The Morgan fingerprint density at radius 2 is 2.00 bits per heavy atom. The Kier molecular flexibility index (Phi) is 4.46. The second kappa shape index (κ2) is 6.09. The second-order valence-corrected chi connectivity index (χ2v) is 6.04. The van der Waals surface area contributed by atoms with Crippen molar-refractivity contribution in [2.24, 2.45) is 5.41 Å². The van der Waals surface area contributed by atoms with Crippen molar-refractivity contribution < 1.29 is 4.79 Å². The molecule has 0 unspecified atom stereocenters. The van der Waals surface area contributed by atoms with E-state index < -0.39 is 0 Å². The average Bonchev–Trinajstić information content (AvgIpc) is 2.82. The highest BCUT2D eigenvalue weighted by Crippen LogP contribution is 2.36. The van der Waals surface area contributed by atoms with Crippen LogP contribution in [0.4, 0.5) is 4.79 Å². The number of benzene rings is 1. The molecule has 1 aromatic rings. The molecule has 3 heteroatoms. The minimum Gasteiger partial charge on any atom is -0.338 e. The summed E-state index contributed by atoms with van der Waals surface area (Å²) in [5.74, 6) is 0. The van der Waals surface area contributed by atoms with Crippen LogP contribution in [-0.4, -0.2) is 12.6 Å². The fourth-order valence-electron chi connectivity index (χ4n) is 2.77. The van der Waals surface area contributed by atoms with Crippen molar-refractivity contribution in [1.29, 1.82) is 0 Å². The molecular weight excluding hydrogens is 236 g/mol. The van der Waals surface area contributed by atoms with Crippen LogP contribution in [0.3, 0.4) is 0 Å². The largest absolute Gasteiger partial charge is 0.338 e. The average molecular weight is 260 g/mol. The first-order chi connectivity index (χ1) is 9.07. The van der Waals surface area contributed by atoms with Crippen LogP contribution >= 0.6 is 0 Å². The third-order valence-corrected chi connectivity index (χ3v) is 4.02. The minimum absolute atomic E-state index is 0.0605. The van der Waals surface area contributed by atoms with Gasteiger partial charge in [0.15, 0.2) is 0 Å². The molecule has 1 aromatic carbocycles. The van der Waals surface area contributed by atoms with E-state index in [1.807, 2.05) is 12.1 Å². The fourth-order valence-corrected chi connectivity index (χ4v) is 2.77. The predicted molar refractivity (Wildman–Crippen MR) is 78.0 cm³/mol. The van der Waals surface area contributed by atoms with Crippen molar-refractivity contribution in [3.05, 3.63) is 35.4 Å². The molecule has 0 aromatic heterocycles. The number of hydrogen-bond donors (Lipinski definition) is 2. The number of nitrogens with one attached hydrogen (secondary N) is 2. The topological polar surface area (TPSA) is 41.1 Å². The zero-order chi connectivity index (χ0) is 13.7. The molecular formula is C16H24N2O. The SMILES string of the molecule is Cc1cccc(CNC(=O)NCC2(C)CCCC2)c1. The molecule has 2 rings (SSSR count). The van der Waals surface area contributed by atoms with Gasteiger partial charge in [0.2, 0.25) is 0 Å². The summed E-state index contributed by atoms with van der Waals surface area (Å²) in [6.45, 7) is 5.70. The smallest absolute Gasteiger partial charge is 0.315 e. The molecule has 3 nitrogen and oxygen atoms in total. The summed E-state index contributed by atoms with van der Waals surface area (Å²) >= 11 is 0. The van der Waals surface area contributed by atoms with Gasteiger partial charge in [-0.05, 0) is 30.7 Å². The fraction of sp³-hybridized carbons (Fsp3) is 0.562. The molecule has 0 atom stereocenters. The summed E-state index contributed by atoms with van der Waals surface area (Å²) in [6.07, 6.45) is 5.04. The third-order valence-electron chi connectivity index (χ3n) is 4.02. The Morgan fingerprint density at radius 3 is 2.68 bits per heavy atom. The summed E-state index contributed by atoms with van der Waals surface area (Å²) in [5.41, 5.74) is 2.67. The van der Waals surface area contributed by atoms with E-state index in [2.05, 4.69) is 36.6 Å². The highest BCUT2D eigenvalue weighted by Gasteiger charge is 2.28. The van der Waals surface area contributed by atoms with E-state index >= 15 is 0 Å². The summed E-state index contributed by atoms with van der Waals surface area (Å²) in [5, 5.41) is 5.92. The van der Waals surface area contributed by atoms with Gasteiger partial charge in [-0.2, -0.15) is 0 Å². The molecule has 2 N–H and O–H groups in total. The number of aryl methyl sites for hydroxylation is 1. The van der Waals surface area contributed by atoms with Gasteiger partial charge in [0, 0.05) is 13.1 Å². The van der Waals surface area contributed by atoms with E-state index in [1.54, 1.807) is 0 Å². The number of hydrogen-bond acceptors (Lipinski definition) is 1. The molecule has 1 aliphatic rings. The van der Waals surface area contributed by atoms with Gasteiger partial charge in [0.05, 0.1) is 0 Å². The van der Waals surface area contributed by atoms with Gasteiger partial charge < -0.3 is 10.6 Å². The standard InChI is InChI=1S/C16H24N2O/c1-13-6-5-7-14(10-13)11-17-15(19)18-12-16(2)8-3-4-9-16/h5-7,10H,3-4,8-9,11-12H2,1-2H3,(H2,17,18,19). The minimum atomic E-state index is -0.0605. The molecule has 0 heterocycles. The molecule has 1 aliphatic carbocycles. The van der Waals surface area contributed by atoms with Gasteiger partial charge in [-0.3, -0.25) is 0 Å². The van der Waals surface area contributed by atoms with Gasteiger partial charge in [-0.1, -0.05) is 49.6 Å². The molecule has 0 saturated heterocycles. The van der Waals surface area contributed by atoms with E-state index in [-0.39, 0.29) is 6.03 Å². The maximum Gasteiger partial charge on any atom is 0.315 e. The lowest BCUT2D eigenvalue weighted by atomic mass is 9.89. The van der Waals surface area contributed by atoms with Crippen molar-refractivity contribution in [1.82, 2.24) is 10.6 Å². The molecule has 2 amide bonds. The lowest BCUT2D eigenvalue weighted by molar-refractivity contribution is 0.231. The van der Waals surface area contributed by atoms with Crippen LogP contribution in [0.25, 0.3) is 0 Å². The summed E-state index contributed by atoms with van der Waals surface area (Å²) < 4.78 is 0. The van der Waals surface area contributed by atoms with Crippen molar-refractivity contribution in [3.63, 3.8) is 0 Å². The predicted octanol–water partition coefficient (Wildman–Crippen LogP) is 3.37. The van der Waals surface area contributed by atoms with Gasteiger partial charge in [0.1, 0.15) is 0 Å². The summed E-state index contributed by atoms with van der Waals surface area (Å²) in [6, 6.07) is 8.15. The first-order valence-corrected chi connectivity index (χ1v) is 7.15.